The van der Waals surface area contributed by atoms with Crippen molar-refractivity contribution in [2.45, 2.75) is 51.6 Å². The van der Waals surface area contributed by atoms with Gasteiger partial charge in [0.05, 0.1) is 6.61 Å². The summed E-state index contributed by atoms with van der Waals surface area (Å²) in [7, 11) is 0. The summed E-state index contributed by atoms with van der Waals surface area (Å²) in [5.74, 6) is -0.314. The van der Waals surface area contributed by atoms with Crippen LogP contribution in [-0.4, -0.2) is 30.6 Å². The molecule has 4 nitrogen and oxygen atoms in total. The molecule has 0 radical (unpaired) electrons. The molecule has 0 spiro atoms. The van der Waals surface area contributed by atoms with Crippen LogP contribution in [0.25, 0.3) is 0 Å². The van der Waals surface area contributed by atoms with Crippen LogP contribution in [-0.2, 0) is 19.0 Å². The van der Waals surface area contributed by atoms with E-state index in [2.05, 4.69) is 6.92 Å². The molecule has 2 fully saturated rings. The summed E-state index contributed by atoms with van der Waals surface area (Å²) in [6, 6.07) is 0. The number of rotatable bonds is 1. The fourth-order valence-electron chi connectivity index (χ4n) is 2.16. The molecule has 3 atom stereocenters. The number of hydrogen-bond acceptors (Lipinski definition) is 4. The molecule has 0 bridgehead atoms. The number of cyclic esters (lactones) is 1. The summed E-state index contributed by atoms with van der Waals surface area (Å²) >= 11 is 0. The Balaban J connectivity index is 2.00. The van der Waals surface area contributed by atoms with Gasteiger partial charge in [0.2, 0.25) is 0 Å². The summed E-state index contributed by atoms with van der Waals surface area (Å²) in [4.78, 5) is 11.2. The van der Waals surface area contributed by atoms with E-state index in [-0.39, 0.29) is 18.2 Å². The lowest BCUT2D eigenvalue weighted by Crippen LogP contribution is -2.42. The number of hydrogen-bond donors (Lipinski definition) is 0. The van der Waals surface area contributed by atoms with Gasteiger partial charge in [-0.1, -0.05) is 6.92 Å². The average Bonchev–Trinajstić information content (AvgIpc) is 2.50. The molecule has 0 amide bonds. The zero-order valence-electron chi connectivity index (χ0n) is 9.49. The standard InChI is InChI=1S/C11H18O4/c1-7-4-5-9(12)14-10(7)8-6-13-11(2,3)15-8/h7-8,10H,4-6H2,1-3H3/t7-,8-,10+/m1/s1. The Morgan fingerprint density at radius 3 is 2.73 bits per heavy atom. The van der Waals surface area contributed by atoms with Gasteiger partial charge in [0.25, 0.3) is 0 Å². The fraction of sp³-hybridized carbons (Fsp3) is 0.909. The third-order valence-corrected chi connectivity index (χ3v) is 3.03. The Morgan fingerprint density at radius 2 is 2.13 bits per heavy atom. The van der Waals surface area contributed by atoms with E-state index in [0.717, 1.165) is 6.42 Å². The Kier molecular flexibility index (Phi) is 2.73. The number of ether oxygens (including phenoxy) is 3. The smallest absolute Gasteiger partial charge is 0.306 e. The van der Waals surface area contributed by atoms with Crippen LogP contribution in [0.2, 0.25) is 0 Å². The summed E-state index contributed by atoms with van der Waals surface area (Å²) in [5.41, 5.74) is 0. The lowest BCUT2D eigenvalue weighted by atomic mass is 9.92. The molecule has 0 aliphatic carbocycles. The molecular weight excluding hydrogens is 196 g/mol. The van der Waals surface area contributed by atoms with Gasteiger partial charge in [0, 0.05) is 6.42 Å². The summed E-state index contributed by atoms with van der Waals surface area (Å²) in [6.07, 6.45) is 1.14. The minimum Gasteiger partial charge on any atom is -0.459 e. The second-order valence-electron chi connectivity index (χ2n) is 4.84. The van der Waals surface area contributed by atoms with E-state index in [1.807, 2.05) is 13.8 Å². The molecule has 2 saturated heterocycles. The van der Waals surface area contributed by atoms with Gasteiger partial charge >= 0.3 is 5.97 Å². The van der Waals surface area contributed by atoms with Crippen LogP contribution in [0.15, 0.2) is 0 Å². The van der Waals surface area contributed by atoms with E-state index in [1.165, 1.54) is 0 Å². The first kappa shape index (κ1) is 10.9. The zero-order valence-corrected chi connectivity index (χ0v) is 9.49. The molecule has 0 unspecified atom stereocenters. The quantitative estimate of drug-likeness (QED) is 0.620. The molecule has 0 saturated carbocycles. The maximum atomic E-state index is 11.2. The summed E-state index contributed by atoms with van der Waals surface area (Å²) in [5, 5.41) is 0. The number of carbonyl (C=O) groups excluding carboxylic acids is 1. The largest absolute Gasteiger partial charge is 0.459 e. The fourth-order valence-corrected chi connectivity index (χ4v) is 2.16. The SMILES string of the molecule is C[C@@H]1CCC(=O)O[C@@H]1[C@H]1COC(C)(C)O1. The third kappa shape index (κ3) is 2.32. The molecule has 15 heavy (non-hydrogen) atoms. The molecule has 2 heterocycles. The topological polar surface area (TPSA) is 44.8 Å². The van der Waals surface area contributed by atoms with Gasteiger partial charge in [-0.15, -0.1) is 0 Å². The van der Waals surface area contributed by atoms with Crippen molar-refractivity contribution in [1.29, 1.82) is 0 Å². The predicted octanol–water partition coefficient (Wildman–Crippen LogP) is 1.48. The average molecular weight is 214 g/mol. The Morgan fingerprint density at radius 1 is 1.40 bits per heavy atom. The first-order chi connectivity index (χ1) is 6.98. The molecule has 0 aromatic rings. The lowest BCUT2D eigenvalue weighted by molar-refractivity contribution is -0.182. The van der Waals surface area contributed by atoms with Crippen LogP contribution in [0.5, 0.6) is 0 Å². The van der Waals surface area contributed by atoms with Crippen molar-refractivity contribution in [2.24, 2.45) is 5.92 Å². The maximum absolute atomic E-state index is 11.2. The lowest BCUT2D eigenvalue weighted by Gasteiger charge is -2.32. The number of carbonyl (C=O) groups is 1. The molecule has 0 aromatic carbocycles. The maximum Gasteiger partial charge on any atom is 0.306 e. The Labute approximate surface area is 89.9 Å². The molecule has 4 heteroatoms. The first-order valence-corrected chi connectivity index (χ1v) is 5.49. The highest BCUT2D eigenvalue weighted by atomic mass is 16.8. The van der Waals surface area contributed by atoms with Crippen molar-refractivity contribution in [2.75, 3.05) is 6.61 Å². The summed E-state index contributed by atoms with van der Waals surface area (Å²) in [6.45, 7) is 6.35. The van der Waals surface area contributed by atoms with Crippen LogP contribution < -0.4 is 0 Å². The van der Waals surface area contributed by atoms with Crippen LogP contribution in [0, 0.1) is 5.92 Å². The molecular formula is C11H18O4. The van der Waals surface area contributed by atoms with Gasteiger partial charge < -0.3 is 14.2 Å². The normalized spacial score (nSPS) is 40.2. The van der Waals surface area contributed by atoms with E-state index in [0.29, 0.717) is 18.9 Å². The molecule has 2 aliphatic rings. The van der Waals surface area contributed by atoms with Gasteiger partial charge in [-0.2, -0.15) is 0 Å². The van der Waals surface area contributed by atoms with Crippen LogP contribution in [0.3, 0.4) is 0 Å². The van der Waals surface area contributed by atoms with E-state index in [1.54, 1.807) is 0 Å². The van der Waals surface area contributed by atoms with Crippen molar-refractivity contribution in [3.63, 3.8) is 0 Å². The molecule has 0 N–H and O–H groups in total. The highest BCUT2D eigenvalue weighted by molar-refractivity contribution is 5.70. The van der Waals surface area contributed by atoms with E-state index < -0.39 is 5.79 Å². The third-order valence-electron chi connectivity index (χ3n) is 3.03. The zero-order chi connectivity index (χ0) is 11.1. The minimum absolute atomic E-state index is 0.112. The van der Waals surface area contributed by atoms with Crippen LogP contribution >= 0.6 is 0 Å². The predicted molar refractivity (Wildman–Crippen MR) is 53.2 cm³/mol. The van der Waals surface area contributed by atoms with Crippen LogP contribution in [0.4, 0.5) is 0 Å². The highest BCUT2D eigenvalue weighted by Crippen LogP contribution is 2.32. The number of esters is 1. The second kappa shape index (κ2) is 3.76. The molecule has 0 aromatic heterocycles. The molecule has 2 rings (SSSR count). The monoisotopic (exact) mass is 214 g/mol. The van der Waals surface area contributed by atoms with E-state index in [9.17, 15) is 4.79 Å². The van der Waals surface area contributed by atoms with Gasteiger partial charge in [0.1, 0.15) is 12.2 Å². The van der Waals surface area contributed by atoms with Gasteiger partial charge in [-0.3, -0.25) is 4.79 Å². The van der Waals surface area contributed by atoms with E-state index in [4.69, 9.17) is 14.2 Å². The van der Waals surface area contributed by atoms with Gasteiger partial charge in [-0.25, -0.2) is 0 Å². The van der Waals surface area contributed by atoms with E-state index >= 15 is 0 Å². The minimum atomic E-state index is -0.547. The molecule has 2 aliphatic heterocycles. The first-order valence-electron chi connectivity index (χ1n) is 5.49. The van der Waals surface area contributed by atoms with Crippen molar-refractivity contribution >= 4 is 5.97 Å². The van der Waals surface area contributed by atoms with Crippen molar-refractivity contribution < 1.29 is 19.0 Å². The van der Waals surface area contributed by atoms with Crippen molar-refractivity contribution in [1.82, 2.24) is 0 Å². The van der Waals surface area contributed by atoms with Gasteiger partial charge in [-0.05, 0) is 26.2 Å². The Hall–Kier alpha value is -0.610. The van der Waals surface area contributed by atoms with Gasteiger partial charge in [0.15, 0.2) is 5.79 Å². The van der Waals surface area contributed by atoms with Crippen LogP contribution in [0.1, 0.15) is 33.6 Å². The highest BCUT2D eigenvalue weighted by Gasteiger charge is 2.42. The van der Waals surface area contributed by atoms with Crippen molar-refractivity contribution in [3.05, 3.63) is 0 Å². The summed E-state index contributed by atoms with van der Waals surface area (Å²) < 4.78 is 16.5. The second-order valence-corrected chi connectivity index (χ2v) is 4.84. The van der Waals surface area contributed by atoms with Crippen molar-refractivity contribution in [3.8, 4) is 0 Å². The molecule has 86 valence electrons. The Bertz CT molecular complexity index is 261.